The maximum absolute atomic E-state index is 4.08. The lowest BCUT2D eigenvalue weighted by Crippen LogP contribution is -1.77. The van der Waals surface area contributed by atoms with Gasteiger partial charge in [0.25, 0.3) is 0 Å². The Balaban J connectivity index is 2.59. The number of hydrogen-bond acceptors (Lipinski definition) is 1. The lowest BCUT2D eigenvalue weighted by molar-refractivity contribution is 0.913. The molecule has 1 rings (SSSR count). The largest absolute Gasteiger partial charge is 0.339 e. The summed E-state index contributed by atoms with van der Waals surface area (Å²) in [5.41, 5.74) is 0.862. The van der Waals surface area contributed by atoms with Gasteiger partial charge in [0, 0.05) is 19.7 Å². The van der Waals surface area contributed by atoms with E-state index in [1.807, 2.05) is 17.8 Å². The van der Waals surface area contributed by atoms with Crippen LogP contribution in [0.4, 0.5) is 0 Å². The Bertz CT molecular complexity index is 275. The monoisotopic (exact) mass is 148 g/mol. The molecule has 0 amide bonds. The standard InChI is InChI=1S/C9H12N2/c1-3-4-5-6-9-7-11(2)8-10-9/h7-8H,3-4H2,1-2H3. The van der Waals surface area contributed by atoms with Gasteiger partial charge in [-0.05, 0) is 12.3 Å². The van der Waals surface area contributed by atoms with Gasteiger partial charge in [0.15, 0.2) is 0 Å². The molecule has 0 aliphatic carbocycles. The zero-order valence-corrected chi connectivity index (χ0v) is 6.96. The van der Waals surface area contributed by atoms with E-state index in [0.29, 0.717) is 0 Å². The van der Waals surface area contributed by atoms with Crippen LogP contribution < -0.4 is 0 Å². The molecule has 0 saturated carbocycles. The van der Waals surface area contributed by atoms with Crippen LogP contribution in [0.1, 0.15) is 25.5 Å². The molecule has 0 fully saturated rings. The molecule has 0 aromatic carbocycles. The van der Waals surface area contributed by atoms with Gasteiger partial charge in [-0.1, -0.05) is 12.8 Å². The van der Waals surface area contributed by atoms with Gasteiger partial charge >= 0.3 is 0 Å². The van der Waals surface area contributed by atoms with E-state index in [1.165, 1.54) is 0 Å². The van der Waals surface area contributed by atoms with Gasteiger partial charge in [0.1, 0.15) is 5.69 Å². The molecule has 0 unspecified atom stereocenters. The third-order valence-corrected chi connectivity index (χ3v) is 1.30. The Morgan fingerprint density at radius 2 is 2.45 bits per heavy atom. The summed E-state index contributed by atoms with van der Waals surface area (Å²) in [6.45, 7) is 2.12. The molecule has 0 bridgehead atoms. The van der Waals surface area contributed by atoms with Gasteiger partial charge < -0.3 is 4.57 Å². The van der Waals surface area contributed by atoms with Crippen LogP contribution >= 0.6 is 0 Å². The van der Waals surface area contributed by atoms with Gasteiger partial charge in [0.05, 0.1) is 6.33 Å². The molecule has 0 radical (unpaired) electrons. The molecule has 0 aliphatic heterocycles. The van der Waals surface area contributed by atoms with Crippen molar-refractivity contribution in [2.24, 2.45) is 7.05 Å². The molecule has 1 heterocycles. The van der Waals surface area contributed by atoms with Gasteiger partial charge in [0.2, 0.25) is 0 Å². The van der Waals surface area contributed by atoms with Crippen molar-refractivity contribution in [2.45, 2.75) is 19.8 Å². The molecule has 0 saturated heterocycles. The van der Waals surface area contributed by atoms with E-state index in [9.17, 15) is 0 Å². The fourth-order valence-corrected chi connectivity index (χ4v) is 0.755. The summed E-state index contributed by atoms with van der Waals surface area (Å²) in [6.07, 6.45) is 5.75. The number of hydrogen-bond donors (Lipinski definition) is 0. The molecule has 2 heteroatoms. The fourth-order valence-electron chi connectivity index (χ4n) is 0.755. The van der Waals surface area contributed by atoms with Crippen LogP contribution in [0, 0.1) is 11.8 Å². The fraction of sp³-hybridized carbons (Fsp3) is 0.444. The molecule has 1 aromatic heterocycles. The highest BCUT2D eigenvalue weighted by molar-refractivity contribution is 5.24. The smallest absolute Gasteiger partial charge is 0.131 e. The first kappa shape index (κ1) is 7.87. The lowest BCUT2D eigenvalue weighted by Gasteiger charge is -1.79. The van der Waals surface area contributed by atoms with E-state index in [-0.39, 0.29) is 0 Å². The molecule has 0 spiro atoms. The summed E-state index contributed by atoms with van der Waals surface area (Å²) in [5.74, 6) is 6.02. The summed E-state index contributed by atoms with van der Waals surface area (Å²) in [4.78, 5) is 4.08. The Labute approximate surface area is 67.3 Å². The average Bonchev–Trinajstić information content (AvgIpc) is 2.37. The lowest BCUT2D eigenvalue weighted by atomic mass is 10.3. The van der Waals surface area contributed by atoms with E-state index in [1.54, 1.807) is 6.33 Å². The molecule has 1 aromatic rings. The summed E-state index contributed by atoms with van der Waals surface area (Å²) >= 11 is 0. The van der Waals surface area contributed by atoms with E-state index >= 15 is 0 Å². The minimum absolute atomic E-state index is 0.862. The SMILES string of the molecule is CCCC#Cc1cn(C)cn1. The summed E-state index contributed by atoms with van der Waals surface area (Å²) in [6, 6.07) is 0. The van der Waals surface area contributed by atoms with Gasteiger partial charge in [-0.3, -0.25) is 0 Å². The number of aromatic nitrogens is 2. The predicted octanol–water partition coefficient (Wildman–Crippen LogP) is 1.57. The van der Waals surface area contributed by atoms with Crippen molar-refractivity contribution in [1.29, 1.82) is 0 Å². The van der Waals surface area contributed by atoms with Crippen LogP contribution in [0.15, 0.2) is 12.5 Å². The highest BCUT2D eigenvalue weighted by atomic mass is 15.0. The van der Waals surface area contributed by atoms with Crippen LogP contribution in [0.3, 0.4) is 0 Å². The highest BCUT2D eigenvalue weighted by Crippen LogP contribution is 1.91. The van der Waals surface area contributed by atoms with Crippen molar-refractivity contribution < 1.29 is 0 Å². The van der Waals surface area contributed by atoms with Crippen molar-refractivity contribution in [3.05, 3.63) is 18.2 Å². The first-order valence-electron chi connectivity index (χ1n) is 3.79. The van der Waals surface area contributed by atoms with Crippen molar-refractivity contribution >= 4 is 0 Å². The zero-order chi connectivity index (χ0) is 8.10. The molecule has 58 valence electrons. The Morgan fingerprint density at radius 1 is 1.64 bits per heavy atom. The predicted molar refractivity (Wildman–Crippen MR) is 45.0 cm³/mol. The van der Waals surface area contributed by atoms with Gasteiger partial charge in [-0.2, -0.15) is 0 Å². The zero-order valence-electron chi connectivity index (χ0n) is 6.96. The molecule has 0 N–H and O–H groups in total. The number of unbranched alkanes of at least 4 members (excludes halogenated alkanes) is 1. The second-order valence-electron chi connectivity index (χ2n) is 2.48. The number of rotatable bonds is 1. The van der Waals surface area contributed by atoms with Crippen molar-refractivity contribution in [1.82, 2.24) is 9.55 Å². The quantitative estimate of drug-likeness (QED) is 0.553. The topological polar surface area (TPSA) is 17.8 Å². The minimum atomic E-state index is 0.862. The maximum Gasteiger partial charge on any atom is 0.131 e. The van der Waals surface area contributed by atoms with Crippen LogP contribution in [0.5, 0.6) is 0 Å². The number of nitrogens with zero attached hydrogens (tertiary/aromatic N) is 2. The van der Waals surface area contributed by atoms with Gasteiger partial charge in [-0.15, -0.1) is 0 Å². The second kappa shape index (κ2) is 3.82. The van der Waals surface area contributed by atoms with Crippen LogP contribution in [0.25, 0.3) is 0 Å². The number of imidazole rings is 1. The molecule has 0 aliphatic rings. The summed E-state index contributed by atoms with van der Waals surface area (Å²) in [5, 5.41) is 0. The van der Waals surface area contributed by atoms with Crippen molar-refractivity contribution in [2.75, 3.05) is 0 Å². The first-order valence-corrected chi connectivity index (χ1v) is 3.79. The minimum Gasteiger partial charge on any atom is -0.339 e. The van der Waals surface area contributed by atoms with Crippen LogP contribution in [-0.4, -0.2) is 9.55 Å². The summed E-state index contributed by atoms with van der Waals surface area (Å²) < 4.78 is 1.90. The normalized spacial score (nSPS) is 8.91. The Hall–Kier alpha value is -1.23. The number of aryl methyl sites for hydroxylation is 1. The molecule has 0 atom stereocenters. The van der Waals surface area contributed by atoms with Crippen molar-refractivity contribution in [3.8, 4) is 11.8 Å². The highest BCUT2D eigenvalue weighted by Gasteiger charge is 1.87. The van der Waals surface area contributed by atoms with E-state index in [4.69, 9.17) is 0 Å². The molecular formula is C9H12N2. The van der Waals surface area contributed by atoms with E-state index < -0.39 is 0 Å². The summed E-state index contributed by atoms with van der Waals surface area (Å²) in [7, 11) is 1.94. The Kier molecular flexibility index (Phi) is 2.74. The Morgan fingerprint density at radius 3 is 3.00 bits per heavy atom. The van der Waals surface area contributed by atoms with E-state index in [0.717, 1.165) is 18.5 Å². The third-order valence-electron chi connectivity index (χ3n) is 1.30. The molecule has 2 nitrogen and oxygen atoms in total. The van der Waals surface area contributed by atoms with Gasteiger partial charge in [-0.25, -0.2) is 4.98 Å². The van der Waals surface area contributed by atoms with Crippen LogP contribution in [-0.2, 0) is 7.05 Å². The van der Waals surface area contributed by atoms with Crippen LogP contribution in [0.2, 0.25) is 0 Å². The van der Waals surface area contributed by atoms with E-state index in [2.05, 4.69) is 23.7 Å². The third kappa shape index (κ3) is 2.46. The first-order chi connectivity index (χ1) is 5.33. The van der Waals surface area contributed by atoms with Crippen molar-refractivity contribution in [3.63, 3.8) is 0 Å². The second-order valence-corrected chi connectivity index (χ2v) is 2.48. The molecular weight excluding hydrogens is 136 g/mol. The maximum atomic E-state index is 4.08. The average molecular weight is 148 g/mol. The molecule has 11 heavy (non-hydrogen) atoms.